The van der Waals surface area contributed by atoms with Crippen LogP contribution in [0.25, 0.3) is 0 Å². The smallest absolute Gasteiger partial charge is 0.238 e. The van der Waals surface area contributed by atoms with Gasteiger partial charge in [-0.05, 0) is 52.9 Å². The van der Waals surface area contributed by atoms with E-state index in [-0.39, 0.29) is 24.7 Å². The number of carbonyl (C=O) groups excluding carboxylic acids is 2. The van der Waals surface area contributed by atoms with E-state index < -0.39 is 92.6 Å². The lowest BCUT2D eigenvalue weighted by Gasteiger charge is -2.46. The van der Waals surface area contributed by atoms with Crippen LogP contribution in [-0.2, 0) is 48.2 Å². The van der Waals surface area contributed by atoms with Crippen molar-refractivity contribution in [1.82, 2.24) is 5.32 Å². The maximum absolute atomic E-state index is 12.9. The molecule has 2 aliphatic heterocycles. The molecule has 328 valence electrons. The highest BCUT2D eigenvalue weighted by atomic mass is 16.7. The molecule has 61 heavy (non-hydrogen) atoms. The normalized spacial score (nSPS) is 27.9. The van der Waals surface area contributed by atoms with Crippen LogP contribution in [0.4, 0.5) is 0 Å². The Morgan fingerprint density at radius 3 is 1.89 bits per heavy atom. The molecule has 2 heterocycles. The molecule has 16 heteroatoms. The van der Waals surface area contributed by atoms with Crippen LogP contribution in [0.2, 0.25) is 0 Å². The minimum Gasteiger partial charge on any atom is -0.489 e. The minimum atomic E-state index is -1.74. The molecule has 0 aromatic heterocycles. The van der Waals surface area contributed by atoms with Gasteiger partial charge in [0.1, 0.15) is 73.2 Å². The lowest BCUT2D eigenvalue weighted by atomic mass is 9.93. The third-order valence-electron chi connectivity index (χ3n) is 10.8. The predicted octanol–water partition coefficient (Wildman–Crippen LogP) is 0.850. The van der Waals surface area contributed by atoms with Crippen LogP contribution in [0.3, 0.4) is 0 Å². The molecule has 6 rings (SSSR count). The quantitative estimate of drug-likeness (QED) is 0.0610. The van der Waals surface area contributed by atoms with Gasteiger partial charge < -0.3 is 74.9 Å². The zero-order valence-electron chi connectivity index (χ0n) is 33.5. The number of aliphatic hydroxyl groups is 6. The van der Waals surface area contributed by atoms with Crippen molar-refractivity contribution in [3.63, 3.8) is 0 Å². The summed E-state index contributed by atoms with van der Waals surface area (Å²) < 4.78 is 34.9. The van der Waals surface area contributed by atoms with Crippen molar-refractivity contribution in [2.75, 3.05) is 13.2 Å². The number of nitrogens with two attached hydrogens (primary N) is 1. The van der Waals surface area contributed by atoms with Crippen LogP contribution < -0.4 is 20.5 Å². The first-order valence-corrected chi connectivity index (χ1v) is 20.1. The van der Waals surface area contributed by atoms with Crippen molar-refractivity contribution in [1.29, 1.82) is 0 Å². The van der Waals surface area contributed by atoms with E-state index in [2.05, 4.69) is 5.32 Å². The number of ether oxygens (including phenoxy) is 6. The molecular weight excluding hydrogens is 792 g/mol. The average molecular weight is 847 g/mol. The van der Waals surface area contributed by atoms with Crippen molar-refractivity contribution in [2.45, 2.75) is 106 Å². The topological polar surface area (TPSA) is 249 Å². The zero-order valence-corrected chi connectivity index (χ0v) is 33.5. The second-order valence-corrected chi connectivity index (χ2v) is 15.2. The summed E-state index contributed by atoms with van der Waals surface area (Å²) in [4.78, 5) is 24.8. The average Bonchev–Trinajstić information content (AvgIpc) is 3.29. The third kappa shape index (κ3) is 11.8. The van der Waals surface area contributed by atoms with Gasteiger partial charge in [-0.15, -0.1) is 0 Å². The molecule has 1 amide bonds. The molecule has 0 radical (unpaired) electrons. The summed E-state index contributed by atoms with van der Waals surface area (Å²) in [5.74, 6) is 0.0981. The lowest BCUT2D eigenvalue weighted by molar-refractivity contribution is -0.355. The number of carbonyl (C=O) groups is 2. The molecule has 9 N–H and O–H groups in total. The summed E-state index contributed by atoms with van der Waals surface area (Å²) in [7, 11) is 0. The van der Waals surface area contributed by atoms with Crippen LogP contribution in [0, 0.1) is 0 Å². The minimum absolute atomic E-state index is 0.00150. The Kier molecular flexibility index (Phi) is 16.3. The highest BCUT2D eigenvalue weighted by Gasteiger charge is 2.51. The first-order chi connectivity index (χ1) is 29.5. The molecule has 4 aromatic carbocycles. The standard InChI is InChI=1S/C45H54N2O14/c1-26(30-10-6-3-7-11-30)36(46)43(55)47-31(21-48)20-27-12-18-33(19-13-27)58-44-40(54)38(52)42(35(23-50)60-44)61-45-39(53)37(51)41(34(22-49)59-45)57-25-29-14-16-32(17-15-29)56-24-28-8-4-2-5-9-28/h2-19,21,26,31,34-42,44-45,49-54H,20,22-25,46H2,1H3,(H,47,55)/t26?,31-,34?,35?,36-,37?,38?,39?,40?,41?,42?,44?,45?/m0/s1. The zero-order chi connectivity index (χ0) is 43.5. The van der Waals surface area contributed by atoms with E-state index in [4.69, 9.17) is 34.2 Å². The van der Waals surface area contributed by atoms with Gasteiger partial charge in [0.2, 0.25) is 12.2 Å². The molecule has 13 atom stereocenters. The Balaban J connectivity index is 0.989. The Morgan fingerprint density at radius 2 is 1.25 bits per heavy atom. The number of benzene rings is 4. The summed E-state index contributed by atoms with van der Waals surface area (Å²) in [6.07, 6.45) is -14.3. The van der Waals surface area contributed by atoms with E-state index in [1.807, 2.05) is 67.6 Å². The third-order valence-corrected chi connectivity index (χ3v) is 10.8. The fourth-order valence-corrected chi connectivity index (χ4v) is 7.15. The SMILES string of the molecule is CC(c1ccccc1)[C@H](N)C(=O)N[C@H](C=O)Cc1ccc(OC2OC(CO)C(OC3OC(CO)C(OCc4ccc(OCc5ccccc5)cc4)C(O)C3O)C(O)C2O)cc1. The van der Waals surface area contributed by atoms with Crippen LogP contribution in [0.1, 0.15) is 35.1 Å². The summed E-state index contributed by atoms with van der Waals surface area (Å²) in [5.41, 5.74) is 9.51. The van der Waals surface area contributed by atoms with Gasteiger partial charge in [-0.1, -0.05) is 91.9 Å². The molecule has 0 aliphatic carbocycles. The number of rotatable bonds is 19. The van der Waals surface area contributed by atoms with Gasteiger partial charge >= 0.3 is 0 Å². The molecule has 0 saturated carbocycles. The largest absolute Gasteiger partial charge is 0.489 e. The first kappa shape index (κ1) is 45.7. The van der Waals surface area contributed by atoms with E-state index in [0.717, 1.165) is 16.7 Å². The van der Waals surface area contributed by atoms with Gasteiger partial charge in [0.05, 0.1) is 31.9 Å². The summed E-state index contributed by atoms with van der Waals surface area (Å²) >= 11 is 0. The van der Waals surface area contributed by atoms with Gasteiger partial charge in [-0.25, -0.2) is 0 Å². The van der Waals surface area contributed by atoms with Gasteiger partial charge in [0, 0.05) is 5.92 Å². The second-order valence-electron chi connectivity index (χ2n) is 15.2. The molecule has 11 unspecified atom stereocenters. The maximum atomic E-state index is 12.9. The lowest BCUT2D eigenvalue weighted by Crippen LogP contribution is -2.65. The van der Waals surface area contributed by atoms with Crippen molar-refractivity contribution < 1.29 is 68.6 Å². The van der Waals surface area contributed by atoms with Crippen molar-refractivity contribution in [3.8, 4) is 11.5 Å². The van der Waals surface area contributed by atoms with Gasteiger partial charge in [-0.2, -0.15) is 0 Å². The van der Waals surface area contributed by atoms with Crippen molar-refractivity contribution >= 4 is 12.2 Å². The first-order valence-electron chi connectivity index (χ1n) is 20.1. The van der Waals surface area contributed by atoms with Gasteiger partial charge in [-0.3, -0.25) is 4.79 Å². The molecular formula is C45H54N2O14. The molecule has 2 fully saturated rings. The van der Waals surface area contributed by atoms with Crippen LogP contribution >= 0.6 is 0 Å². The van der Waals surface area contributed by atoms with Crippen molar-refractivity contribution in [3.05, 3.63) is 131 Å². The van der Waals surface area contributed by atoms with E-state index in [9.17, 15) is 40.2 Å². The summed E-state index contributed by atoms with van der Waals surface area (Å²) in [6.45, 7) is 0.894. The van der Waals surface area contributed by atoms with E-state index >= 15 is 0 Å². The molecule has 2 saturated heterocycles. The van der Waals surface area contributed by atoms with E-state index in [1.54, 1.807) is 48.5 Å². The highest BCUT2D eigenvalue weighted by molar-refractivity contribution is 5.85. The van der Waals surface area contributed by atoms with Crippen LogP contribution in [0.15, 0.2) is 109 Å². The number of aliphatic hydroxyl groups excluding tert-OH is 6. The van der Waals surface area contributed by atoms with E-state index in [1.165, 1.54) is 0 Å². The predicted molar refractivity (Wildman–Crippen MR) is 218 cm³/mol. The molecule has 0 bridgehead atoms. The molecule has 0 spiro atoms. The van der Waals surface area contributed by atoms with Crippen LogP contribution in [-0.4, -0.2) is 130 Å². The maximum Gasteiger partial charge on any atom is 0.238 e. The second kappa shape index (κ2) is 21.8. The monoisotopic (exact) mass is 846 g/mol. The Morgan fingerprint density at radius 1 is 0.705 bits per heavy atom. The number of aldehydes is 1. The number of amides is 1. The highest BCUT2D eigenvalue weighted by Crippen LogP contribution is 2.32. The van der Waals surface area contributed by atoms with Gasteiger partial charge in [0.15, 0.2) is 6.29 Å². The van der Waals surface area contributed by atoms with E-state index in [0.29, 0.717) is 24.2 Å². The summed E-state index contributed by atoms with van der Waals surface area (Å²) in [6, 6.07) is 30.8. The molecule has 16 nitrogen and oxygen atoms in total. The number of hydrogen-bond donors (Lipinski definition) is 8. The number of hydrogen-bond acceptors (Lipinski definition) is 15. The van der Waals surface area contributed by atoms with Gasteiger partial charge in [0.25, 0.3) is 0 Å². The summed E-state index contributed by atoms with van der Waals surface area (Å²) in [5, 5.41) is 67.3. The van der Waals surface area contributed by atoms with Crippen molar-refractivity contribution in [2.24, 2.45) is 5.73 Å². The fraction of sp³-hybridized carbons (Fsp3) is 0.422. The fourth-order valence-electron chi connectivity index (χ4n) is 7.15. The molecule has 4 aromatic rings. The molecule has 2 aliphatic rings. The Hall–Kier alpha value is -4.82. The Labute approximate surface area is 353 Å². The Bertz CT molecular complexity index is 1940. The van der Waals surface area contributed by atoms with Crippen LogP contribution in [0.5, 0.6) is 11.5 Å². The number of nitrogens with one attached hydrogen (secondary N) is 1.